The van der Waals surface area contributed by atoms with E-state index in [0.29, 0.717) is 12.1 Å². The van der Waals surface area contributed by atoms with Crippen LogP contribution < -0.4 is 10.6 Å². The summed E-state index contributed by atoms with van der Waals surface area (Å²) in [7, 11) is 3.56. The topological polar surface area (TPSA) is 60.0 Å². The van der Waals surface area contributed by atoms with Gasteiger partial charge in [-0.05, 0) is 43.7 Å². The Morgan fingerprint density at radius 3 is 2.30 bits per heavy atom. The van der Waals surface area contributed by atoms with Crippen molar-refractivity contribution in [1.82, 2.24) is 20.4 Å². The number of rotatable bonds is 6. The third-order valence-corrected chi connectivity index (χ3v) is 6.40. The molecule has 1 aliphatic heterocycles. The maximum Gasteiger partial charge on any atom is 0.243 e. The van der Waals surface area contributed by atoms with E-state index in [-0.39, 0.29) is 12.5 Å². The Kier molecular flexibility index (Phi) is 8.55. The molecule has 1 amide bonds. The quantitative estimate of drug-likeness (QED) is 0.556. The van der Waals surface area contributed by atoms with Crippen LogP contribution >= 0.6 is 0 Å². The van der Waals surface area contributed by atoms with Crippen LogP contribution in [-0.2, 0) is 11.3 Å². The monoisotopic (exact) mass is 413 g/mol. The van der Waals surface area contributed by atoms with Crippen molar-refractivity contribution in [2.45, 2.75) is 70.5 Å². The summed E-state index contributed by atoms with van der Waals surface area (Å²) in [6.45, 7) is 5.58. The molecular weight excluding hydrogens is 374 g/mol. The molecule has 1 heterocycles. The van der Waals surface area contributed by atoms with Gasteiger partial charge in [-0.25, -0.2) is 4.99 Å². The Hall–Kier alpha value is -2.08. The predicted octanol–water partition coefficient (Wildman–Crippen LogP) is 2.92. The average Bonchev–Trinajstić information content (AvgIpc) is 2.75. The standard InChI is InChI=1S/C24H39N5O/c1-19-9-7-8-10-20(19)18-29-15-13-22(14-16-29)27-24(25-17-23(30)28(2)3)26-21-11-5-4-6-12-21/h7-10,21-22H,4-6,11-18H2,1-3H3,(H2,25,26,27). The van der Waals surface area contributed by atoms with Crippen LogP contribution in [0.4, 0.5) is 0 Å². The second-order valence-corrected chi connectivity index (χ2v) is 9.05. The molecule has 166 valence electrons. The van der Waals surface area contributed by atoms with Gasteiger partial charge in [-0.3, -0.25) is 9.69 Å². The number of hydrogen-bond acceptors (Lipinski definition) is 3. The van der Waals surface area contributed by atoms with E-state index >= 15 is 0 Å². The molecule has 3 rings (SSSR count). The summed E-state index contributed by atoms with van der Waals surface area (Å²) in [4.78, 5) is 20.8. The summed E-state index contributed by atoms with van der Waals surface area (Å²) in [5.41, 5.74) is 2.79. The molecule has 1 aliphatic carbocycles. The van der Waals surface area contributed by atoms with E-state index in [2.05, 4.69) is 51.7 Å². The van der Waals surface area contributed by atoms with Gasteiger partial charge >= 0.3 is 0 Å². The Balaban J connectivity index is 1.53. The molecule has 2 fully saturated rings. The number of aliphatic imine (C=N–C) groups is 1. The lowest BCUT2D eigenvalue weighted by Gasteiger charge is -2.34. The number of amides is 1. The van der Waals surface area contributed by atoms with Crippen molar-refractivity contribution in [3.8, 4) is 0 Å². The first kappa shape index (κ1) is 22.6. The number of likely N-dealkylation sites (N-methyl/N-ethyl adjacent to an activating group) is 1. The predicted molar refractivity (Wildman–Crippen MR) is 124 cm³/mol. The summed E-state index contributed by atoms with van der Waals surface area (Å²) in [6.07, 6.45) is 8.46. The highest BCUT2D eigenvalue weighted by molar-refractivity contribution is 5.85. The smallest absolute Gasteiger partial charge is 0.243 e. The number of piperidine rings is 1. The van der Waals surface area contributed by atoms with E-state index in [1.165, 1.54) is 43.2 Å². The van der Waals surface area contributed by atoms with E-state index < -0.39 is 0 Å². The van der Waals surface area contributed by atoms with E-state index in [1.807, 2.05) is 0 Å². The van der Waals surface area contributed by atoms with E-state index in [4.69, 9.17) is 0 Å². The van der Waals surface area contributed by atoms with Gasteiger partial charge in [0.2, 0.25) is 5.91 Å². The minimum Gasteiger partial charge on any atom is -0.354 e. The summed E-state index contributed by atoms with van der Waals surface area (Å²) >= 11 is 0. The fourth-order valence-electron chi connectivity index (χ4n) is 4.32. The third-order valence-electron chi connectivity index (χ3n) is 6.40. The average molecular weight is 414 g/mol. The van der Waals surface area contributed by atoms with Crippen molar-refractivity contribution in [3.05, 3.63) is 35.4 Å². The van der Waals surface area contributed by atoms with Gasteiger partial charge in [-0.15, -0.1) is 0 Å². The van der Waals surface area contributed by atoms with Crippen LogP contribution in [0.2, 0.25) is 0 Å². The van der Waals surface area contributed by atoms with Crippen molar-refractivity contribution >= 4 is 11.9 Å². The summed E-state index contributed by atoms with van der Waals surface area (Å²) in [5, 5.41) is 7.25. The minimum absolute atomic E-state index is 0.0350. The number of carbonyl (C=O) groups excluding carboxylic acids is 1. The zero-order valence-electron chi connectivity index (χ0n) is 19.0. The second-order valence-electron chi connectivity index (χ2n) is 9.05. The van der Waals surface area contributed by atoms with Gasteiger partial charge in [-0.2, -0.15) is 0 Å². The van der Waals surface area contributed by atoms with Crippen LogP contribution in [-0.4, -0.2) is 67.5 Å². The molecule has 0 unspecified atom stereocenters. The van der Waals surface area contributed by atoms with E-state index in [1.54, 1.807) is 19.0 Å². The summed E-state index contributed by atoms with van der Waals surface area (Å²) in [6, 6.07) is 9.54. The highest BCUT2D eigenvalue weighted by Crippen LogP contribution is 2.18. The second kappa shape index (κ2) is 11.3. The van der Waals surface area contributed by atoms with Crippen LogP contribution in [0.5, 0.6) is 0 Å². The zero-order chi connectivity index (χ0) is 21.3. The molecule has 1 saturated heterocycles. The number of aryl methyl sites for hydroxylation is 1. The number of likely N-dealkylation sites (tertiary alicyclic amines) is 1. The third kappa shape index (κ3) is 7.01. The highest BCUT2D eigenvalue weighted by atomic mass is 16.2. The van der Waals surface area contributed by atoms with Crippen LogP contribution in [0.25, 0.3) is 0 Å². The SMILES string of the molecule is Cc1ccccc1CN1CCC(NC(=NCC(=O)N(C)C)NC2CCCCC2)CC1. The molecule has 0 radical (unpaired) electrons. The molecule has 0 bridgehead atoms. The molecule has 0 aromatic heterocycles. The Morgan fingerprint density at radius 1 is 1.03 bits per heavy atom. The summed E-state index contributed by atoms with van der Waals surface area (Å²) in [5.74, 6) is 0.849. The minimum atomic E-state index is 0.0350. The molecule has 2 N–H and O–H groups in total. The molecule has 6 heteroatoms. The normalized spacial score (nSPS) is 19.5. The summed E-state index contributed by atoms with van der Waals surface area (Å²) < 4.78 is 0. The Labute approximate surface area is 182 Å². The van der Waals surface area contributed by atoms with Crippen LogP contribution in [0, 0.1) is 6.92 Å². The zero-order valence-corrected chi connectivity index (χ0v) is 19.0. The number of hydrogen-bond donors (Lipinski definition) is 2. The molecule has 30 heavy (non-hydrogen) atoms. The van der Waals surface area contributed by atoms with Gasteiger partial charge in [-0.1, -0.05) is 43.5 Å². The van der Waals surface area contributed by atoms with Crippen LogP contribution in [0.1, 0.15) is 56.1 Å². The number of guanidine groups is 1. The molecule has 6 nitrogen and oxygen atoms in total. The fraction of sp³-hybridized carbons (Fsp3) is 0.667. The lowest BCUT2D eigenvalue weighted by atomic mass is 9.95. The maximum atomic E-state index is 12.0. The van der Waals surface area contributed by atoms with E-state index in [9.17, 15) is 4.79 Å². The molecular formula is C24H39N5O. The molecule has 0 atom stereocenters. The van der Waals surface area contributed by atoms with Gasteiger partial charge in [0.1, 0.15) is 6.54 Å². The molecule has 2 aliphatic rings. The van der Waals surface area contributed by atoms with Gasteiger partial charge < -0.3 is 15.5 Å². The molecule has 1 aromatic rings. The number of carbonyl (C=O) groups is 1. The number of benzene rings is 1. The molecule has 0 spiro atoms. The Morgan fingerprint density at radius 2 is 1.67 bits per heavy atom. The fourth-order valence-corrected chi connectivity index (χ4v) is 4.32. The lowest BCUT2D eigenvalue weighted by molar-refractivity contribution is -0.127. The Bertz CT molecular complexity index is 703. The number of nitrogens with zero attached hydrogens (tertiary/aromatic N) is 3. The van der Waals surface area contributed by atoms with Gasteiger partial charge in [0.25, 0.3) is 0 Å². The highest BCUT2D eigenvalue weighted by Gasteiger charge is 2.22. The first-order valence-corrected chi connectivity index (χ1v) is 11.6. The molecule has 1 saturated carbocycles. The first-order valence-electron chi connectivity index (χ1n) is 11.6. The maximum absolute atomic E-state index is 12.0. The largest absolute Gasteiger partial charge is 0.354 e. The van der Waals surface area contributed by atoms with Crippen molar-refractivity contribution in [2.24, 2.45) is 4.99 Å². The van der Waals surface area contributed by atoms with Crippen molar-refractivity contribution in [2.75, 3.05) is 33.7 Å². The van der Waals surface area contributed by atoms with Crippen molar-refractivity contribution in [3.63, 3.8) is 0 Å². The number of nitrogens with one attached hydrogen (secondary N) is 2. The van der Waals surface area contributed by atoms with Gasteiger partial charge in [0.05, 0.1) is 0 Å². The van der Waals surface area contributed by atoms with E-state index in [0.717, 1.165) is 38.4 Å². The van der Waals surface area contributed by atoms with Crippen LogP contribution in [0.3, 0.4) is 0 Å². The van der Waals surface area contributed by atoms with Gasteiger partial charge in [0.15, 0.2) is 5.96 Å². The van der Waals surface area contributed by atoms with Gasteiger partial charge in [0, 0.05) is 45.8 Å². The lowest BCUT2D eigenvalue weighted by Crippen LogP contribution is -2.51. The van der Waals surface area contributed by atoms with Crippen molar-refractivity contribution in [1.29, 1.82) is 0 Å². The van der Waals surface area contributed by atoms with Crippen molar-refractivity contribution < 1.29 is 4.79 Å². The van der Waals surface area contributed by atoms with Crippen LogP contribution in [0.15, 0.2) is 29.3 Å². The first-order chi connectivity index (χ1) is 14.5. The molecule has 1 aromatic carbocycles.